The van der Waals surface area contributed by atoms with Crippen molar-refractivity contribution in [3.8, 4) is 0 Å². The predicted octanol–water partition coefficient (Wildman–Crippen LogP) is 2.15. The SMILES string of the molecule is O=C(N[C@@H](CCBr)C(=O)O)OCc1ccccc1. The van der Waals surface area contributed by atoms with Gasteiger partial charge in [-0.15, -0.1) is 0 Å². The molecule has 0 aliphatic heterocycles. The Bertz CT molecular complexity index is 396. The van der Waals surface area contributed by atoms with Gasteiger partial charge in [-0.05, 0) is 12.0 Å². The normalized spacial score (nSPS) is 11.6. The molecule has 0 saturated heterocycles. The van der Waals surface area contributed by atoms with Gasteiger partial charge in [-0.3, -0.25) is 0 Å². The van der Waals surface area contributed by atoms with Gasteiger partial charge >= 0.3 is 12.1 Å². The van der Waals surface area contributed by atoms with Gasteiger partial charge in [0.25, 0.3) is 0 Å². The van der Waals surface area contributed by atoms with Gasteiger partial charge in [-0.2, -0.15) is 0 Å². The van der Waals surface area contributed by atoms with Gasteiger partial charge < -0.3 is 15.2 Å². The van der Waals surface area contributed by atoms with Crippen LogP contribution in [0.1, 0.15) is 12.0 Å². The van der Waals surface area contributed by atoms with E-state index in [9.17, 15) is 9.59 Å². The molecule has 0 fully saturated rings. The average molecular weight is 316 g/mol. The summed E-state index contributed by atoms with van der Waals surface area (Å²) in [5.74, 6) is -1.08. The number of amides is 1. The number of ether oxygens (including phenoxy) is 1. The number of carboxylic acid groups (broad SMARTS) is 1. The van der Waals surface area contributed by atoms with Crippen molar-refractivity contribution in [2.75, 3.05) is 5.33 Å². The Balaban J connectivity index is 2.39. The monoisotopic (exact) mass is 315 g/mol. The smallest absolute Gasteiger partial charge is 0.408 e. The summed E-state index contributed by atoms with van der Waals surface area (Å²) in [7, 11) is 0. The second-order valence-electron chi connectivity index (χ2n) is 3.57. The Kier molecular flexibility index (Phi) is 6.21. The van der Waals surface area contributed by atoms with E-state index >= 15 is 0 Å². The molecule has 0 aromatic heterocycles. The third-order valence-corrected chi connectivity index (χ3v) is 2.66. The number of carbonyl (C=O) groups is 2. The third kappa shape index (κ3) is 5.18. The lowest BCUT2D eigenvalue weighted by Crippen LogP contribution is -2.41. The first-order valence-electron chi connectivity index (χ1n) is 5.39. The molecular formula is C12H14BrNO4. The number of carboxylic acids is 1. The maximum atomic E-state index is 11.4. The lowest BCUT2D eigenvalue weighted by molar-refractivity contribution is -0.139. The Morgan fingerprint density at radius 1 is 1.33 bits per heavy atom. The number of rotatable bonds is 6. The first-order valence-corrected chi connectivity index (χ1v) is 6.51. The Labute approximate surface area is 113 Å². The van der Waals surface area contributed by atoms with E-state index in [1.54, 1.807) is 0 Å². The second-order valence-corrected chi connectivity index (χ2v) is 4.37. The largest absolute Gasteiger partial charge is 0.480 e. The molecule has 18 heavy (non-hydrogen) atoms. The standard InChI is InChI=1S/C12H14BrNO4/c13-7-6-10(11(15)16)14-12(17)18-8-9-4-2-1-3-5-9/h1-5,10H,6-8H2,(H,14,17)(H,15,16)/t10-/m0/s1. The topological polar surface area (TPSA) is 75.6 Å². The Morgan fingerprint density at radius 3 is 2.56 bits per heavy atom. The molecule has 5 nitrogen and oxygen atoms in total. The number of nitrogens with one attached hydrogen (secondary N) is 1. The van der Waals surface area contributed by atoms with E-state index in [1.807, 2.05) is 30.3 Å². The number of alkyl carbamates (subject to hydrolysis) is 1. The highest BCUT2D eigenvalue weighted by Gasteiger charge is 2.19. The van der Waals surface area contributed by atoms with Crippen LogP contribution < -0.4 is 5.32 Å². The van der Waals surface area contributed by atoms with Crippen LogP contribution in [0.2, 0.25) is 0 Å². The number of hydrogen-bond acceptors (Lipinski definition) is 3. The maximum Gasteiger partial charge on any atom is 0.408 e. The number of halogens is 1. The van der Waals surface area contributed by atoms with Gasteiger partial charge in [0.15, 0.2) is 0 Å². The molecule has 0 heterocycles. The van der Waals surface area contributed by atoms with E-state index in [0.717, 1.165) is 5.56 Å². The number of benzene rings is 1. The summed E-state index contributed by atoms with van der Waals surface area (Å²) in [4.78, 5) is 22.2. The van der Waals surface area contributed by atoms with Crippen molar-refractivity contribution >= 4 is 28.0 Å². The molecule has 1 aromatic carbocycles. The van der Waals surface area contributed by atoms with Crippen LogP contribution in [-0.2, 0) is 16.1 Å². The highest BCUT2D eigenvalue weighted by Crippen LogP contribution is 2.02. The van der Waals surface area contributed by atoms with Gasteiger partial charge in [0, 0.05) is 5.33 Å². The summed E-state index contributed by atoms with van der Waals surface area (Å²) in [5.41, 5.74) is 0.847. The van der Waals surface area contributed by atoms with Crippen LogP contribution >= 0.6 is 15.9 Å². The predicted molar refractivity (Wildman–Crippen MR) is 69.6 cm³/mol. The van der Waals surface area contributed by atoms with Crippen LogP contribution in [0, 0.1) is 0 Å². The van der Waals surface area contributed by atoms with Crippen molar-refractivity contribution in [2.24, 2.45) is 0 Å². The molecule has 1 aromatic rings. The minimum absolute atomic E-state index is 0.118. The summed E-state index contributed by atoms with van der Waals surface area (Å²) >= 11 is 3.13. The molecule has 0 radical (unpaired) electrons. The highest BCUT2D eigenvalue weighted by atomic mass is 79.9. The minimum atomic E-state index is -1.08. The summed E-state index contributed by atoms with van der Waals surface area (Å²) in [6, 6.07) is 8.23. The molecule has 0 bridgehead atoms. The number of hydrogen-bond donors (Lipinski definition) is 2. The molecule has 0 unspecified atom stereocenters. The van der Waals surface area contributed by atoms with E-state index in [0.29, 0.717) is 11.8 Å². The third-order valence-electron chi connectivity index (χ3n) is 2.20. The van der Waals surface area contributed by atoms with E-state index in [2.05, 4.69) is 21.2 Å². The van der Waals surface area contributed by atoms with E-state index in [4.69, 9.17) is 9.84 Å². The number of aliphatic carboxylic acids is 1. The van der Waals surface area contributed by atoms with Gasteiger partial charge in [-0.25, -0.2) is 9.59 Å². The van der Waals surface area contributed by atoms with Gasteiger partial charge in [0.2, 0.25) is 0 Å². The zero-order valence-corrected chi connectivity index (χ0v) is 11.2. The fourth-order valence-corrected chi connectivity index (χ4v) is 1.73. The van der Waals surface area contributed by atoms with E-state index in [1.165, 1.54) is 0 Å². The fourth-order valence-electron chi connectivity index (χ4n) is 1.27. The lowest BCUT2D eigenvalue weighted by Gasteiger charge is -2.13. The molecule has 0 saturated carbocycles. The highest BCUT2D eigenvalue weighted by molar-refractivity contribution is 9.09. The lowest BCUT2D eigenvalue weighted by atomic mass is 10.2. The summed E-state index contributed by atoms with van der Waals surface area (Å²) < 4.78 is 4.93. The minimum Gasteiger partial charge on any atom is -0.480 e. The molecule has 6 heteroatoms. The van der Waals surface area contributed by atoms with Crippen molar-refractivity contribution in [3.63, 3.8) is 0 Å². The Morgan fingerprint density at radius 2 is 2.00 bits per heavy atom. The molecule has 2 N–H and O–H groups in total. The van der Waals surface area contributed by atoms with Crippen molar-refractivity contribution < 1.29 is 19.4 Å². The summed E-state index contributed by atoms with van der Waals surface area (Å²) in [6.45, 7) is 0.118. The summed E-state index contributed by atoms with van der Waals surface area (Å²) in [5, 5.41) is 11.6. The maximum absolute atomic E-state index is 11.4. The van der Waals surface area contributed by atoms with Gasteiger partial charge in [-0.1, -0.05) is 46.3 Å². The van der Waals surface area contributed by atoms with E-state index < -0.39 is 18.1 Å². The molecule has 0 aliphatic carbocycles. The number of alkyl halides is 1. The molecular weight excluding hydrogens is 302 g/mol. The van der Waals surface area contributed by atoms with Crippen LogP contribution in [0.15, 0.2) is 30.3 Å². The van der Waals surface area contributed by atoms with Crippen molar-refractivity contribution in [2.45, 2.75) is 19.1 Å². The molecule has 1 atom stereocenters. The van der Waals surface area contributed by atoms with Crippen molar-refractivity contribution in [3.05, 3.63) is 35.9 Å². The zero-order chi connectivity index (χ0) is 13.4. The quantitative estimate of drug-likeness (QED) is 0.789. The molecule has 0 aliphatic rings. The van der Waals surface area contributed by atoms with Crippen molar-refractivity contribution in [1.82, 2.24) is 5.32 Å². The number of carbonyl (C=O) groups excluding carboxylic acids is 1. The van der Waals surface area contributed by atoms with Crippen LogP contribution in [0.4, 0.5) is 4.79 Å². The van der Waals surface area contributed by atoms with Crippen LogP contribution in [0.25, 0.3) is 0 Å². The zero-order valence-electron chi connectivity index (χ0n) is 9.64. The average Bonchev–Trinajstić information content (AvgIpc) is 2.37. The second kappa shape index (κ2) is 7.71. The van der Waals surface area contributed by atoms with Gasteiger partial charge in [0.1, 0.15) is 12.6 Å². The first kappa shape index (κ1) is 14.5. The Hall–Kier alpha value is -1.56. The van der Waals surface area contributed by atoms with Crippen LogP contribution in [0.3, 0.4) is 0 Å². The van der Waals surface area contributed by atoms with Crippen molar-refractivity contribution in [1.29, 1.82) is 0 Å². The molecule has 1 amide bonds. The van der Waals surface area contributed by atoms with Crippen LogP contribution in [0.5, 0.6) is 0 Å². The van der Waals surface area contributed by atoms with Gasteiger partial charge in [0.05, 0.1) is 0 Å². The van der Waals surface area contributed by atoms with E-state index in [-0.39, 0.29) is 6.61 Å². The molecule has 98 valence electrons. The first-order chi connectivity index (χ1) is 8.63. The summed E-state index contributed by atoms with van der Waals surface area (Å²) in [6.07, 6.45) is -0.428. The molecule has 1 rings (SSSR count). The fraction of sp³-hybridized carbons (Fsp3) is 0.333. The molecule has 0 spiro atoms. The van der Waals surface area contributed by atoms with Crippen LogP contribution in [-0.4, -0.2) is 28.5 Å².